The molecule has 5 aromatic rings. The minimum Gasteiger partial charge on any atom is -0.508 e. The number of phenols is 1. The third-order valence-electron chi connectivity index (χ3n) is 5.09. The third-order valence-corrected chi connectivity index (χ3v) is 6.67. The van der Waals surface area contributed by atoms with Gasteiger partial charge in [0.15, 0.2) is 5.65 Å². The zero-order valence-corrected chi connectivity index (χ0v) is 20.4. The van der Waals surface area contributed by atoms with Crippen LogP contribution in [0.4, 0.5) is 11.4 Å². The van der Waals surface area contributed by atoms with Crippen molar-refractivity contribution in [1.29, 1.82) is 0 Å². The van der Waals surface area contributed by atoms with Crippen molar-refractivity contribution in [1.82, 2.24) is 9.97 Å². The standard InChI is InChI=1S/C27H20BrN3O2S/c28-19-4-1-3-18(15-19)17-33-21-8-11-26(34-22-9-6-20(32)7-10-22)25(16-21)31-24-12-14-30-27-23(24)5-2-13-29-27/h1-16,32H,17H2,(H,29,30,31). The van der Waals surface area contributed by atoms with Crippen molar-refractivity contribution in [2.75, 3.05) is 5.32 Å². The summed E-state index contributed by atoms with van der Waals surface area (Å²) in [7, 11) is 0. The highest BCUT2D eigenvalue weighted by molar-refractivity contribution is 9.10. The number of phenolic OH excluding ortho intramolecular Hbond substituents is 1. The van der Waals surface area contributed by atoms with Gasteiger partial charge in [-0.15, -0.1) is 0 Å². The van der Waals surface area contributed by atoms with Crippen LogP contribution in [0.5, 0.6) is 11.5 Å². The Morgan fingerprint density at radius 3 is 2.56 bits per heavy atom. The molecule has 34 heavy (non-hydrogen) atoms. The zero-order chi connectivity index (χ0) is 23.3. The Labute approximate surface area is 210 Å². The molecule has 2 N–H and O–H groups in total. The summed E-state index contributed by atoms with van der Waals surface area (Å²) in [6.45, 7) is 0.464. The highest BCUT2D eigenvalue weighted by Crippen LogP contribution is 2.38. The van der Waals surface area contributed by atoms with Crippen molar-refractivity contribution in [3.8, 4) is 11.5 Å². The molecule has 0 saturated heterocycles. The maximum absolute atomic E-state index is 9.63. The number of ether oxygens (including phenoxy) is 1. The predicted octanol–water partition coefficient (Wildman–Crippen LogP) is 7.57. The van der Waals surface area contributed by atoms with E-state index < -0.39 is 0 Å². The number of aromatic hydroxyl groups is 1. The lowest BCUT2D eigenvalue weighted by molar-refractivity contribution is 0.306. The van der Waals surface area contributed by atoms with Crippen LogP contribution in [0.15, 0.2) is 112 Å². The van der Waals surface area contributed by atoms with Crippen LogP contribution in [0.3, 0.4) is 0 Å². The van der Waals surface area contributed by atoms with Crippen molar-refractivity contribution in [2.45, 2.75) is 16.4 Å². The highest BCUT2D eigenvalue weighted by atomic mass is 79.9. The number of hydrogen-bond acceptors (Lipinski definition) is 6. The van der Waals surface area contributed by atoms with Crippen molar-refractivity contribution in [3.05, 3.63) is 107 Å². The van der Waals surface area contributed by atoms with E-state index in [0.29, 0.717) is 12.3 Å². The van der Waals surface area contributed by atoms with Gasteiger partial charge in [0.2, 0.25) is 0 Å². The molecule has 0 saturated carbocycles. The van der Waals surface area contributed by atoms with E-state index in [9.17, 15) is 5.11 Å². The molecule has 0 radical (unpaired) electrons. The Morgan fingerprint density at radius 1 is 0.853 bits per heavy atom. The number of nitrogens with one attached hydrogen (secondary N) is 1. The first-order chi connectivity index (χ1) is 16.6. The normalized spacial score (nSPS) is 10.9. The van der Waals surface area contributed by atoms with Crippen LogP contribution in [0.25, 0.3) is 11.0 Å². The average molecular weight is 530 g/mol. The second kappa shape index (κ2) is 10.2. The second-order valence-corrected chi connectivity index (χ2v) is 9.56. The summed E-state index contributed by atoms with van der Waals surface area (Å²) < 4.78 is 7.13. The first-order valence-corrected chi connectivity index (χ1v) is 12.2. The van der Waals surface area contributed by atoms with E-state index in [-0.39, 0.29) is 5.75 Å². The summed E-state index contributed by atoms with van der Waals surface area (Å²) in [6, 6.07) is 27.1. The van der Waals surface area contributed by atoms with Gasteiger partial charge >= 0.3 is 0 Å². The molecule has 0 aliphatic rings. The fourth-order valence-electron chi connectivity index (χ4n) is 3.46. The summed E-state index contributed by atoms with van der Waals surface area (Å²) in [5, 5.41) is 14.1. The maximum atomic E-state index is 9.63. The van der Waals surface area contributed by atoms with E-state index in [0.717, 1.165) is 42.3 Å². The van der Waals surface area contributed by atoms with Gasteiger partial charge in [-0.05, 0) is 72.3 Å². The van der Waals surface area contributed by atoms with Crippen molar-refractivity contribution in [2.24, 2.45) is 0 Å². The van der Waals surface area contributed by atoms with E-state index in [1.54, 1.807) is 36.3 Å². The Hall–Kier alpha value is -3.55. The number of aromatic nitrogens is 2. The van der Waals surface area contributed by atoms with Gasteiger partial charge in [-0.3, -0.25) is 0 Å². The maximum Gasteiger partial charge on any atom is 0.161 e. The minimum absolute atomic E-state index is 0.245. The van der Waals surface area contributed by atoms with Gasteiger partial charge in [-0.2, -0.15) is 0 Å². The van der Waals surface area contributed by atoms with Crippen molar-refractivity contribution < 1.29 is 9.84 Å². The molecule has 0 bridgehead atoms. The Kier molecular flexibility index (Phi) is 6.65. The number of hydrogen-bond donors (Lipinski definition) is 2. The van der Waals surface area contributed by atoms with Crippen molar-refractivity contribution >= 4 is 50.1 Å². The number of pyridine rings is 2. The lowest BCUT2D eigenvalue weighted by Gasteiger charge is -2.16. The van der Waals surface area contributed by atoms with E-state index in [1.165, 1.54) is 0 Å². The van der Waals surface area contributed by atoms with Crippen LogP contribution in [0.1, 0.15) is 5.56 Å². The highest BCUT2D eigenvalue weighted by Gasteiger charge is 2.11. The van der Waals surface area contributed by atoms with Gasteiger partial charge in [0.1, 0.15) is 18.1 Å². The molecular weight excluding hydrogens is 510 g/mol. The summed E-state index contributed by atoms with van der Waals surface area (Å²) >= 11 is 5.11. The van der Waals surface area contributed by atoms with Gasteiger partial charge in [0.05, 0.1) is 11.4 Å². The van der Waals surface area contributed by atoms with Crippen LogP contribution < -0.4 is 10.1 Å². The Morgan fingerprint density at radius 2 is 1.71 bits per heavy atom. The van der Waals surface area contributed by atoms with Gasteiger partial charge in [-0.1, -0.05) is 39.8 Å². The summed E-state index contributed by atoms with van der Waals surface area (Å²) in [5.41, 5.74) is 3.58. The van der Waals surface area contributed by atoms with Crippen LogP contribution in [0, 0.1) is 0 Å². The topological polar surface area (TPSA) is 67.3 Å². The van der Waals surface area contributed by atoms with Crippen LogP contribution >= 0.6 is 27.7 Å². The number of anilines is 2. The predicted molar refractivity (Wildman–Crippen MR) is 140 cm³/mol. The van der Waals surface area contributed by atoms with E-state index in [2.05, 4.69) is 31.2 Å². The first-order valence-electron chi connectivity index (χ1n) is 10.6. The number of nitrogens with zero attached hydrogens (tertiary/aromatic N) is 2. The van der Waals surface area contributed by atoms with Gasteiger partial charge in [0, 0.05) is 38.1 Å². The fourth-order valence-corrected chi connectivity index (χ4v) is 4.79. The van der Waals surface area contributed by atoms with Crippen LogP contribution in [-0.4, -0.2) is 15.1 Å². The molecule has 0 fully saturated rings. The third kappa shape index (κ3) is 5.32. The molecule has 0 unspecified atom stereocenters. The number of halogens is 1. The Balaban J connectivity index is 1.47. The zero-order valence-electron chi connectivity index (χ0n) is 18.0. The molecule has 0 spiro atoms. The van der Waals surface area contributed by atoms with Crippen LogP contribution in [-0.2, 0) is 6.61 Å². The first kappa shape index (κ1) is 22.3. The molecule has 5 rings (SSSR count). The lowest BCUT2D eigenvalue weighted by atomic mass is 10.2. The molecule has 0 atom stereocenters. The number of fused-ring (bicyclic) bond motifs is 1. The fraction of sp³-hybridized carbons (Fsp3) is 0.0370. The van der Waals surface area contributed by atoms with Gasteiger partial charge < -0.3 is 15.2 Å². The second-order valence-electron chi connectivity index (χ2n) is 7.53. The largest absolute Gasteiger partial charge is 0.508 e. The SMILES string of the molecule is Oc1ccc(Sc2ccc(OCc3cccc(Br)c3)cc2Nc2ccnc3ncccc23)cc1. The van der Waals surface area contributed by atoms with E-state index >= 15 is 0 Å². The smallest absolute Gasteiger partial charge is 0.161 e. The quantitative estimate of drug-likeness (QED) is 0.226. The van der Waals surface area contributed by atoms with E-state index in [4.69, 9.17) is 4.74 Å². The molecule has 2 aromatic heterocycles. The molecule has 168 valence electrons. The van der Waals surface area contributed by atoms with Gasteiger partial charge in [-0.25, -0.2) is 9.97 Å². The number of benzene rings is 3. The molecular formula is C27H20BrN3O2S. The summed E-state index contributed by atoms with van der Waals surface area (Å²) in [4.78, 5) is 10.8. The molecule has 5 nitrogen and oxygen atoms in total. The monoisotopic (exact) mass is 529 g/mol. The number of rotatable bonds is 7. The van der Waals surface area contributed by atoms with Gasteiger partial charge in [0.25, 0.3) is 0 Å². The molecule has 2 heterocycles. The van der Waals surface area contributed by atoms with Crippen LogP contribution in [0.2, 0.25) is 0 Å². The minimum atomic E-state index is 0.245. The summed E-state index contributed by atoms with van der Waals surface area (Å²) in [6.07, 6.45) is 3.49. The average Bonchev–Trinajstić information content (AvgIpc) is 2.86. The lowest BCUT2D eigenvalue weighted by Crippen LogP contribution is -1.99. The summed E-state index contributed by atoms with van der Waals surface area (Å²) in [5.74, 6) is 1.00. The molecule has 7 heteroatoms. The van der Waals surface area contributed by atoms with Crippen molar-refractivity contribution in [3.63, 3.8) is 0 Å². The molecule has 0 aliphatic carbocycles. The molecule has 3 aromatic carbocycles. The molecule has 0 aliphatic heterocycles. The Bertz CT molecular complexity index is 1440. The van der Waals surface area contributed by atoms with E-state index in [1.807, 2.05) is 72.8 Å². The molecule has 0 amide bonds.